The number of H-pyrrole nitrogens is 1. The maximum atomic E-state index is 14.7. The van der Waals surface area contributed by atoms with Gasteiger partial charge in [-0.15, -0.1) is 10.2 Å². The molecule has 0 aliphatic carbocycles. The third-order valence-corrected chi connectivity index (χ3v) is 3.91. The smallest absolute Gasteiger partial charge is 0.268 e. The molecule has 4 rings (SSSR count). The Morgan fingerprint density at radius 1 is 1.28 bits per heavy atom. The van der Waals surface area contributed by atoms with Crippen LogP contribution in [0.2, 0.25) is 0 Å². The van der Waals surface area contributed by atoms with Crippen molar-refractivity contribution in [2.75, 3.05) is 0 Å². The molecule has 25 heavy (non-hydrogen) atoms. The van der Waals surface area contributed by atoms with E-state index < -0.39 is 10.7 Å². The second-order valence-electron chi connectivity index (χ2n) is 5.38. The fourth-order valence-electron chi connectivity index (χ4n) is 2.76. The topological polar surface area (TPSA) is 115 Å². The minimum Gasteiger partial charge on any atom is -0.268 e. The van der Waals surface area contributed by atoms with Crippen LogP contribution in [0.5, 0.6) is 0 Å². The maximum absolute atomic E-state index is 14.7. The summed E-state index contributed by atoms with van der Waals surface area (Å²) >= 11 is 0. The van der Waals surface area contributed by atoms with Gasteiger partial charge >= 0.3 is 0 Å². The molecule has 2 aromatic heterocycles. The number of tetrazole rings is 1. The minimum atomic E-state index is -0.739. The monoisotopic (exact) mass is 339 g/mol. The van der Waals surface area contributed by atoms with Crippen molar-refractivity contribution in [1.29, 1.82) is 0 Å². The van der Waals surface area contributed by atoms with Crippen LogP contribution in [-0.2, 0) is 7.05 Å². The second kappa shape index (κ2) is 5.44. The lowest BCUT2D eigenvalue weighted by atomic mass is 9.97. The Bertz CT molecular complexity index is 1100. The number of nitrogens with zero attached hydrogens (tertiary/aromatic N) is 6. The van der Waals surface area contributed by atoms with Crippen molar-refractivity contribution in [2.24, 2.45) is 7.05 Å². The van der Waals surface area contributed by atoms with Crippen LogP contribution < -0.4 is 0 Å². The summed E-state index contributed by atoms with van der Waals surface area (Å²) in [4.78, 5) is 10.4. The number of nitro benzene ring substituents is 1. The van der Waals surface area contributed by atoms with E-state index in [4.69, 9.17) is 0 Å². The zero-order chi connectivity index (χ0) is 17.6. The van der Waals surface area contributed by atoms with Gasteiger partial charge in [-0.05, 0) is 22.9 Å². The number of nitrogens with one attached hydrogen (secondary N) is 1. The first-order chi connectivity index (χ1) is 12.0. The third kappa shape index (κ3) is 2.40. The fourth-order valence-corrected chi connectivity index (χ4v) is 2.76. The first-order valence-electron chi connectivity index (χ1n) is 7.18. The summed E-state index contributed by atoms with van der Waals surface area (Å²) in [6, 6.07) is 7.40. The van der Waals surface area contributed by atoms with Crippen LogP contribution in [-0.4, -0.2) is 35.3 Å². The quantitative estimate of drug-likeness (QED) is 0.453. The number of aromatic nitrogens is 6. The van der Waals surface area contributed by atoms with Gasteiger partial charge in [-0.2, -0.15) is 10.3 Å². The lowest BCUT2D eigenvalue weighted by Crippen LogP contribution is -1.97. The van der Waals surface area contributed by atoms with Crippen LogP contribution >= 0.6 is 0 Å². The van der Waals surface area contributed by atoms with E-state index in [-0.39, 0.29) is 22.6 Å². The van der Waals surface area contributed by atoms with Gasteiger partial charge in [0.2, 0.25) is 5.82 Å². The van der Waals surface area contributed by atoms with E-state index in [0.29, 0.717) is 5.56 Å². The largest absolute Gasteiger partial charge is 0.273 e. The van der Waals surface area contributed by atoms with Gasteiger partial charge in [0.15, 0.2) is 0 Å². The standard InChI is InChI=1S/C15H10FN7O2/c1-22-13-3-2-8(4-9(13)7-17-22)14-11(15-18-20-21-19-15)5-10(23(24)25)6-12(14)16/h2-7H,1H3,(H,18,19,20,21). The highest BCUT2D eigenvalue weighted by Gasteiger charge is 2.22. The van der Waals surface area contributed by atoms with Gasteiger partial charge in [0.25, 0.3) is 5.69 Å². The van der Waals surface area contributed by atoms with Crippen molar-refractivity contribution < 1.29 is 9.31 Å². The molecule has 0 saturated heterocycles. The van der Waals surface area contributed by atoms with Crippen molar-refractivity contribution in [3.05, 3.63) is 52.5 Å². The molecule has 1 N–H and O–H groups in total. The number of hydrogen-bond donors (Lipinski definition) is 1. The molecule has 2 aromatic carbocycles. The van der Waals surface area contributed by atoms with Gasteiger partial charge in [-0.1, -0.05) is 6.07 Å². The zero-order valence-corrected chi connectivity index (χ0v) is 12.8. The van der Waals surface area contributed by atoms with Gasteiger partial charge in [0, 0.05) is 29.6 Å². The Labute approximate surface area is 139 Å². The molecule has 124 valence electrons. The van der Waals surface area contributed by atoms with Gasteiger partial charge < -0.3 is 0 Å². The summed E-state index contributed by atoms with van der Waals surface area (Å²) < 4.78 is 16.4. The summed E-state index contributed by atoms with van der Waals surface area (Å²) in [6.07, 6.45) is 1.66. The average molecular weight is 339 g/mol. The lowest BCUT2D eigenvalue weighted by Gasteiger charge is -2.09. The van der Waals surface area contributed by atoms with Gasteiger partial charge in [0.05, 0.1) is 22.7 Å². The number of nitro groups is 1. The molecule has 4 aromatic rings. The summed E-state index contributed by atoms with van der Waals surface area (Å²) in [5.41, 5.74) is 1.38. The molecule has 0 saturated carbocycles. The molecule has 0 aliphatic rings. The molecular formula is C15H10FN7O2. The third-order valence-electron chi connectivity index (χ3n) is 3.91. The molecule has 0 spiro atoms. The summed E-state index contributed by atoms with van der Waals surface area (Å²) in [5, 5.41) is 29.4. The van der Waals surface area contributed by atoms with Gasteiger partial charge in [0.1, 0.15) is 5.82 Å². The molecule has 0 unspecified atom stereocenters. The van der Waals surface area contributed by atoms with E-state index in [1.165, 1.54) is 6.07 Å². The highest BCUT2D eigenvalue weighted by molar-refractivity contribution is 5.89. The van der Waals surface area contributed by atoms with Crippen LogP contribution in [0.25, 0.3) is 33.4 Å². The van der Waals surface area contributed by atoms with Crippen molar-refractivity contribution in [1.82, 2.24) is 30.4 Å². The normalized spacial score (nSPS) is 11.1. The SMILES string of the molecule is Cn1ncc2cc(-c3c(F)cc([N+](=O)[O-])cc3-c3nn[nH]n3)ccc21. The number of fused-ring (bicyclic) bond motifs is 1. The van der Waals surface area contributed by atoms with Crippen LogP contribution in [0.3, 0.4) is 0 Å². The fraction of sp³-hybridized carbons (Fsp3) is 0.0667. The van der Waals surface area contributed by atoms with Crippen LogP contribution in [0.4, 0.5) is 10.1 Å². The molecule has 0 atom stereocenters. The molecule has 2 heterocycles. The van der Waals surface area contributed by atoms with Crippen molar-refractivity contribution in [2.45, 2.75) is 0 Å². The average Bonchev–Trinajstić information content (AvgIpc) is 3.24. The van der Waals surface area contributed by atoms with E-state index in [1.54, 1.807) is 36.1 Å². The number of aryl methyl sites for hydroxylation is 1. The van der Waals surface area contributed by atoms with E-state index in [9.17, 15) is 14.5 Å². The molecule has 0 aliphatic heterocycles. The Morgan fingerprint density at radius 2 is 2.12 bits per heavy atom. The molecule has 0 amide bonds. The van der Waals surface area contributed by atoms with Gasteiger partial charge in [-0.25, -0.2) is 4.39 Å². The molecule has 0 radical (unpaired) electrons. The first kappa shape index (κ1) is 14.9. The predicted molar refractivity (Wildman–Crippen MR) is 85.9 cm³/mol. The number of halogens is 1. The highest BCUT2D eigenvalue weighted by atomic mass is 19.1. The first-order valence-corrected chi connectivity index (χ1v) is 7.18. The number of aromatic amines is 1. The lowest BCUT2D eigenvalue weighted by molar-refractivity contribution is -0.385. The summed E-state index contributed by atoms with van der Waals surface area (Å²) in [5.74, 6) is -0.666. The number of benzene rings is 2. The van der Waals surface area contributed by atoms with Crippen molar-refractivity contribution in [3.8, 4) is 22.5 Å². The summed E-state index contributed by atoms with van der Waals surface area (Å²) in [6.45, 7) is 0. The van der Waals surface area contributed by atoms with Crippen LogP contribution in [0.15, 0.2) is 36.5 Å². The molecule has 9 nitrogen and oxygen atoms in total. The van der Waals surface area contributed by atoms with Gasteiger partial charge in [-0.3, -0.25) is 14.8 Å². The number of hydrogen-bond acceptors (Lipinski definition) is 6. The Balaban J connectivity index is 2.00. The van der Waals surface area contributed by atoms with E-state index in [1.807, 2.05) is 0 Å². The van der Waals surface area contributed by atoms with E-state index in [0.717, 1.165) is 17.0 Å². The highest BCUT2D eigenvalue weighted by Crippen LogP contribution is 2.36. The predicted octanol–water partition coefficient (Wildman–Crippen LogP) is 2.47. The van der Waals surface area contributed by atoms with Crippen LogP contribution in [0, 0.1) is 15.9 Å². The molecule has 10 heteroatoms. The number of non-ortho nitro benzene ring substituents is 1. The molecule has 0 bridgehead atoms. The Hall–Kier alpha value is -3.69. The van der Waals surface area contributed by atoms with Crippen molar-refractivity contribution in [3.63, 3.8) is 0 Å². The van der Waals surface area contributed by atoms with E-state index >= 15 is 0 Å². The maximum Gasteiger partial charge on any atom is 0.273 e. The minimum absolute atomic E-state index is 0.0730. The van der Waals surface area contributed by atoms with E-state index in [2.05, 4.69) is 25.7 Å². The Kier molecular flexibility index (Phi) is 3.24. The van der Waals surface area contributed by atoms with Crippen molar-refractivity contribution >= 4 is 16.6 Å². The van der Waals surface area contributed by atoms with Crippen LogP contribution in [0.1, 0.15) is 0 Å². The second-order valence-corrected chi connectivity index (χ2v) is 5.38. The Morgan fingerprint density at radius 3 is 2.84 bits per heavy atom. The number of rotatable bonds is 3. The molecule has 0 fully saturated rings. The molecular weight excluding hydrogens is 329 g/mol. The summed E-state index contributed by atoms with van der Waals surface area (Å²) in [7, 11) is 1.80. The zero-order valence-electron chi connectivity index (χ0n) is 12.8.